The topological polar surface area (TPSA) is 56.0 Å². The van der Waals surface area contributed by atoms with E-state index in [1.807, 2.05) is 13.8 Å². The molecule has 1 aliphatic rings. The molecule has 0 radical (unpaired) electrons. The highest BCUT2D eigenvalue weighted by Crippen LogP contribution is 2.33. The Bertz CT molecular complexity index is 351. The summed E-state index contributed by atoms with van der Waals surface area (Å²) in [6, 6.07) is 0. The molecule has 4 heteroatoms. The van der Waals surface area contributed by atoms with Crippen LogP contribution < -0.4 is 0 Å². The van der Waals surface area contributed by atoms with Gasteiger partial charge in [0.25, 0.3) is 5.89 Å². The molecule has 1 saturated carbocycles. The highest BCUT2D eigenvalue weighted by molar-refractivity contribution is 5.92. The second kappa shape index (κ2) is 4.13. The van der Waals surface area contributed by atoms with E-state index in [1.54, 1.807) is 0 Å². The molecule has 0 aliphatic heterocycles. The van der Waals surface area contributed by atoms with E-state index in [9.17, 15) is 4.79 Å². The monoisotopic (exact) mass is 208 g/mol. The minimum Gasteiger partial charge on any atom is -0.418 e. The average Bonchev–Trinajstić information content (AvgIpc) is 2.86. The lowest BCUT2D eigenvalue weighted by molar-refractivity contribution is 0.0902. The summed E-state index contributed by atoms with van der Waals surface area (Å²) in [5.74, 6) is 1.06. The number of carbonyl (C=O) groups is 1. The maximum absolute atomic E-state index is 11.6. The Morgan fingerprint density at radius 2 is 2.00 bits per heavy atom. The number of Topliss-reactive ketones (excluding diaryl/α,β-unsaturated/α-hetero) is 1. The molecule has 0 saturated heterocycles. The number of ketones is 1. The van der Waals surface area contributed by atoms with Gasteiger partial charge in [-0.2, -0.15) is 0 Å². The van der Waals surface area contributed by atoms with Crippen LogP contribution in [0, 0.1) is 5.92 Å². The zero-order chi connectivity index (χ0) is 10.8. The molecule has 0 bridgehead atoms. The molecule has 1 aliphatic carbocycles. The fourth-order valence-electron chi connectivity index (χ4n) is 1.92. The van der Waals surface area contributed by atoms with Gasteiger partial charge in [0.05, 0.1) is 0 Å². The van der Waals surface area contributed by atoms with Gasteiger partial charge in [0.2, 0.25) is 11.7 Å². The van der Waals surface area contributed by atoms with Crippen molar-refractivity contribution in [3.8, 4) is 0 Å². The Hall–Kier alpha value is -1.19. The molecule has 1 heterocycles. The van der Waals surface area contributed by atoms with Gasteiger partial charge < -0.3 is 4.42 Å². The van der Waals surface area contributed by atoms with Gasteiger partial charge >= 0.3 is 0 Å². The van der Waals surface area contributed by atoms with Crippen LogP contribution in [0.25, 0.3) is 0 Å². The minimum atomic E-state index is -0.0816. The van der Waals surface area contributed by atoms with Gasteiger partial charge in [-0.05, 0) is 12.8 Å². The predicted molar refractivity (Wildman–Crippen MR) is 54.7 cm³/mol. The predicted octanol–water partition coefficient (Wildman–Crippen LogP) is 2.57. The van der Waals surface area contributed by atoms with Crippen molar-refractivity contribution in [2.75, 3.05) is 0 Å². The Morgan fingerprint density at radius 1 is 1.33 bits per heavy atom. The van der Waals surface area contributed by atoms with Crippen molar-refractivity contribution in [3.63, 3.8) is 0 Å². The third kappa shape index (κ3) is 2.08. The van der Waals surface area contributed by atoms with Gasteiger partial charge in [-0.15, -0.1) is 10.2 Å². The lowest BCUT2D eigenvalue weighted by atomic mass is 10.1. The maximum atomic E-state index is 11.6. The summed E-state index contributed by atoms with van der Waals surface area (Å²) in [5.41, 5.74) is 0. The lowest BCUT2D eigenvalue weighted by Crippen LogP contribution is -2.07. The van der Waals surface area contributed by atoms with Gasteiger partial charge in [-0.3, -0.25) is 4.79 Å². The zero-order valence-electron chi connectivity index (χ0n) is 9.19. The summed E-state index contributed by atoms with van der Waals surface area (Å²) >= 11 is 0. The fourth-order valence-corrected chi connectivity index (χ4v) is 1.92. The van der Waals surface area contributed by atoms with Crippen molar-refractivity contribution in [2.24, 2.45) is 5.92 Å². The zero-order valence-corrected chi connectivity index (χ0v) is 9.19. The van der Waals surface area contributed by atoms with E-state index >= 15 is 0 Å². The van der Waals surface area contributed by atoms with Gasteiger partial charge in [0.15, 0.2) is 0 Å². The second-order valence-electron chi connectivity index (χ2n) is 4.45. The number of aromatic nitrogens is 2. The fraction of sp³-hybridized carbons (Fsp3) is 0.727. The number of hydrogen-bond acceptors (Lipinski definition) is 4. The van der Waals surface area contributed by atoms with Gasteiger partial charge in [-0.1, -0.05) is 26.7 Å². The van der Waals surface area contributed by atoms with Gasteiger partial charge in [-0.25, -0.2) is 0 Å². The van der Waals surface area contributed by atoms with Crippen LogP contribution in [-0.2, 0) is 0 Å². The smallest absolute Gasteiger partial charge is 0.284 e. The van der Waals surface area contributed by atoms with Crippen LogP contribution in [0.5, 0.6) is 0 Å². The van der Waals surface area contributed by atoms with Crippen LogP contribution in [0.15, 0.2) is 4.42 Å². The third-order valence-electron chi connectivity index (χ3n) is 2.88. The van der Waals surface area contributed by atoms with Crippen molar-refractivity contribution in [1.29, 1.82) is 0 Å². The summed E-state index contributed by atoms with van der Waals surface area (Å²) < 4.78 is 5.42. The molecule has 0 N–H and O–H groups in total. The van der Waals surface area contributed by atoms with Crippen molar-refractivity contribution in [3.05, 3.63) is 11.8 Å². The summed E-state index contributed by atoms with van der Waals surface area (Å²) in [7, 11) is 0. The third-order valence-corrected chi connectivity index (χ3v) is 2.88. The number of nitrogens with zero attached hydrogens (tertiary/aromatic N) is 2. The van der Waals surface area contributed by atoms with Gasteiger partial charge in [0, 0.05) is 11.8 Å². The van der Waals surface area contributed by atoms with Gasteiger partial charge in [0.1, 0.15) is 0 Å². The van der Waals surface area contributed by atoms with Crippen molar-refractivity contribution in [1.82, 2.24) is 10.2 Å². The van der Waals surface area contributed by atoms with E-state index in [-0.39, 0.29) is 17.6 Å². The molecular weight excluding hydrogens is 192 g/mol. The highest BCUT2D eigenvalue weighted by Gasteiger charge is 2.25. The molecule has 2 rings (SSSR count). The van der Waals surface area contributed by atoms with Crippen molar-refractivity contribution >= 4 is 5.78 Å². The summed E-state index contributed by atoms with van der Waals surface area (Å²) in [6.07, 6.45) is 4.66. The van der Waals surface area contributed by atoms with Crippen LogP contribution in [-0.4, -0.2) is 16.0 Å². The quantitative estimate of drug-likeness (QED) is 0.716. The number of hydrogen-bond donors (Lipinski definition) is 0. The molecule has 0 aromatic carbocycles. The lowest BCUT2D eigenvalue weighted by Gasteiger charge is -2.01. The van der Waals surface area contributed by atoms with E-state index in [1.165, 1.54) is 12.8 Å². The van der Waals surface area contributed by atoms with E-state index in [0.29, 0.717) is 11.8 Å². The van der Waals surface area contributed by atoms with Crippen LogP contribution in [0.3, 0.4) is 0 Å². The molecule has 1 aromatic rings. The molecule has 0 spiro atoms. The minimum absolute atomic E-state index is 0.0632. The Balaban J connectivity index is 2.12. The first-order chi connectivity index (χ1) is 7.18. The largest absolute Gasteiger partial charge is 0.418 e. The average molecular weight is 208 g/mol. The van der Waals surface area contributed by atoms with Crippen LogP contribution in [0.1, 0.15) is 62.0 Å². The van der Waals surface area contributed by atoms with E-state index < -0.39 is 0 Å². The van der Waals surface area contributed by atoms with Crippen LogP contribution in [0.2, 0.25) is 0 Å². The van der Waals surface area contributed by atoms with E-state index in [0.717, 1.165) is 12.8 Å². The maximum Gasteiger partial charge on any atom is 0.284 e. The molecule has 4 nitrogen and oxygen atoms in total. The highest BCUT2D eigenvalue weighted by atomic mass is 16.4. The Morgan fingerprint density at radius 3 is 2.60 bits per heavy atom. The summed E-state index contributed by atoms with van der Waals surface area (Å²) in [4.78, 5) is 11.6. The molecule has 0 unspecified atom stereocenters. The Kier molecular flexibility index (Phi) is 2.84. The molecule has 15 heavy (non-hydrogen) atoms. The van der Waals surface area contributed by atoms with E-state index in [2.05, 4.69) is 10.2 Å². The molecule has 0 atom stereocenters. The summed E-state index contributed by atoms with van der Waals surface area (Å²) in [5, 5.41) is 7.78. The Labute approximate surface area is 89.1 Å². The summed E-state index contributed by atoms with van der Waals surface area (Å²) in [6.45, 7) is 3.67. The number of rotatable bonds is 3. The molecular formula is C11H16N2O2. The van der Waals surface area contributed by atoms with Crippen molar-refractivity contribution < 1.29 is 9.21 Å². The second-order valence-corrected chi connectivity index (χ2v) is 4.45. The van der Waals surface area contributed by atoms with Crippen LogP contribution >= 0.6 is 0 Å². The standard InChI is InChI=1S/C11H16N2O2/c1-7(2)9(14)11-13-12-10(15-11)8-5-3-4-6-8/h7-8H,3-6H2,1-2H3. The SMILES string of the molecule is CC(C)C(=O)c1nnc(C2CCCC2)o1. The molecule has 82 valence electrons. The molecule has 1 aromatic heterocycles. The first-order valence-electron chi connectivity index (χ1n) is 5.56. The normalized spacial score (nSPS) is 17.5. The van der Waals surface area contributed by atoms with Crippen molar-refractivity contribution in [2.45, 2.75) is 45.4 Å². The first kappa shape index (κ1) is 10.3. The molecule has 0 amide bonds. The number of carbonyl (C=O) groups excluding carboxylic acids is 1. The molecule has 1 fully saturated rings. The van der Waals surface area contributed by atoms with E-state index in [4.69, 9.17) is 4.42 Å². The first-order valence-corrected chi connectivity index (χ1v) is 5.56. The van der Waals surface area contributed by atoms with Crippen LogP contribution in [0.4, 0.5) is 0 Å².